The van der Waals surface area contributed by atoms with Gasteiger partial charge in [-0.25, -0.2) is 4.79 Å². The third-order valence-corrected chi connectivity index (χ3v) is 3.64. The summed E-state index contributed by atoms with van der Waals surface area (Å²) in [5.74, 6) is 0.0225. The van der Waals surface area contributed by atoms with Gasteiger partial charge in [-0.2, -0.15) is 4.98 Å². The van der Waals surface area contributed by atoms with Crippen molar-refractivity contribution in [1.29, 1.82) is 0 Å². The van der Waals surface area contributed by atoms with Crippen molar-refractivity contribution in [2.75, 3.05) is 14.2 Å². The number of carboxylic acids is 1. The van der Waals surface area contributed by atoms with E-state index in [0.29, 0.717) is 17.2 Å². The molecule has 0 aliphatic carbocycles. The number of para-hydroxylation sites is 1. The lowest BCUT2D eigenvalue weighted by atomic mass is 10.3. The van der Waals surface area contributed by atoms with Gasteiger partial charge in [0.2, 0.25) is 5.75 Å². The van der Waals surface area contributed by atoms with Crippen LogP contribution in [0.4, 0.5) is 0 Å². The fourth-order valence-electron chi connectivity index (χ4n) is 1.46. The first-order valence-electron chi connectivity index (χ1n) is 5.35. The van der Waals surface area contributed by atoms with Crippen LogP contribution in [0.25, 0.3) is 0 Å². The molecule has 0 saturated carbocycles. The quantitative estimate of drug-likeness (QED) is 0.912. The van der Waals surface area contributed by atoms with E-state index in [0.717, 1.165) is 11.3 Å². The predicted octanol–water partition coefficient (Wildman–Crippen LogP) is 3.30. The lowest BCUT2D eigenvalue weighted by molar-refractivity contribution is 0.0702. The van der Waals surface area contributed by atoms with Crippen molar-refractivity contribution in [3.63, 3.8) is 0 Å². The molecule has 0 bridgehead atoms. The molecule has 0 radical (unpaired) electrons. The van der Waals surface area contributed by atoms with Crippen molar-refractivity contribution in [3.8, 4) is 22.4 Å². The molecule has 0 fully saturated rings. The van der Waals surface area contributed by atoms with Crippen molar-refractivity contribution in [2.45, 2.75) is 0 Å². The zero-order valence-corrected chi connectivity index (χ0v) is 12.1. The van der Waals surface area contributed by atoms with Crippen molar-refractivity contribution >= 4 is 28.9 Å². The maximum Gasteiger partial charge on any atom is 0.349 e. The molecule has 6 nitrogen and oxygen atoms in total. The molecule has 0 atom stereocenters. The number of carboxylic acid groups (broad SMARTS) is 1. The van der Waals surface area contributed by atoms with Crippen LogP contribution in [0.3, 0.4) is 0 Å². The van der Waals surface area contributed by atoms with Gasteiger partial charge in [0, 0.05) is 0 Å². The average molecular weight is 316 g/mol. The molecule has 106 valence electrons. The highest BCUT2D eigenvalue weighted by Crippen LogP contribution is 2.41. The Morgan fingerprint density at radius 2 is 1.90 bits per heavy atom. The van der Waals surface area contributed by atoms with Gasteiger partial charge in [0.05, 0.1) is 14.2 Å². The first-order valence-corrected chi connectivity index (χ1v) is 6.54. The van der Waals surface area contributed by atoms with Crippen LogP contribution in [0.5, 0.6) is 22.4 Å². The molecule has 0 aliphatic rings. The minimum Gasteiger partial charge on any atom is -0.493 e. The number of halogens is 1. The number of aromatic carboxylic acids is 1. The summed E-state index contributed by atoms with van der Waals surface area (Å²) in [6.45, 7) is 0. The van der Waals surface area contributed by atoms with Gasteiger partial charge in [0.1, 0.15) is 0 Å². The van der Waals surface area contributed by atoms with E-state index in [4.69, 9.17) is 30.9 Å². The SMILES string of the molecule is COc1cccc(OC)c1Oc1nc(Cl)c(C(=O)O)s1. The summed E-state index contributed by atoms with van der Waals surface area (Å²) < 4.78 is 15.9. The molecule has 2 aromatic rings. The molecule has 0 saturated heterocycles. The van der Waals surface area contributed by atoms with Crippen LogP contribution in [-0.4, -0.2) is 30.3 Å². The molecule has 1 aromatic heterocycles. The largest absolute Gasteiger partial charge is 0.493 e. The van der Waals surface area contributed by atoms with Gasteiger partial charge in [-0.3, -0.25) is 0 Å². The minimum atomic E-state index is -1.16. The Morgan fingerprint density at radius 1 is 1.30 bits per heavy atom. The van der Waals surface area contributed by atoms with Crippen LogP contribution in [-0.2, 0) is 0 Å². The maximum atomic E-state index is 10.9. The number of hydrogen-bond acceptors (Lipinski definition) is 6. The highest BCUT2D eigenvalue weighted by atomic mass is 35.5. The summed E-state index contributed by atoms with van der Waals surface area (Å²) in [4.78, 5) is 14.7. The Bertz CT molecular complexity index is 621. The predicted molar refractivity (Wildman–Crippen MR) is 73.7 cm³/mol. The molecular weight excluding hydrogens is 306 g/mol. The Labute approximate surface area is 123 Å². The number of ether oxygens (including phenoxy) is 3. The van der Waals surface area contributed by atoms with E-state index in [1.54, 1.807) is 18.2 Å². The standard InChI is InChI=1S/C12H10ClNO5S/c1-17-6-4-3-5-7(18-2)8(6)19-12-14-10(13)9(20-12)11(15)16/h3-5H,1-2H3,(H,15,16). The normalized spacial score (nSPS) is 10.2. The summed E-state index contributed by atoms with van der Waals surface area (Å²) in [6.07, 6.45) is 0. The second-order valence-electron chi connectivity index (χ2n) is 3.50. The zero-order chi connectivity index (χ0) is 14.7. The Balaban J connectivity index is 2.39. The third kappa shape index (κ3) is 2.78. The number of hydrogen-bond donors (Lipinski definition) is 1. The van der Waals surface area contributed by atoms with Crippen LogP contribution < -0.4 is 14.2 Å². The van der Waals surface area contributed by atoms with Crippen LogP contribution >= 0.6 is 22.9 Å². The smallest absolute Gasteiger partial charge is 0.349 e. The summed E-state index contributed by atoms with van der Waals surface area (Å²) >= 11 is 6.55. The Morgan fingerprint density at radius 3 is 2.35 bits per heavy atom. The number of aromatic nitrogens is 1. The second kappa shape index (κ2) is 5.98. The number of benzene rings is 1. The number of rotatable bonds is 5. The molecular formula is C12H10ClNO5S. The number of methoxy groups -OCH3 is 2. The summed E-state index contributed by atoms with van der Waals surface area (Å²) in [5, 5.41) is 8.90. The zero-order valence-electron chi connectivity index (χ0n) is 10.5. The van der Waals surface area contributed by atoms with Crippen molar-refractivity contribution < 1.29 is 24.1 Å². The fraction of sp³-hybridized carbons (Fsp3) is 0.167. The summed E-state index contributed by atoms with van der Waals surface area (Å²) in [7, 11) is 2.97. The van der Waals surface area contributed by atoms with Gasteiger partial charge in [-0.05, 0) is 12.1 Å². The second-order valence-corrected chi connectivity index (χ2v) is 4.82. The van der Waals surface area contributed by atoms with E-state index in [2.05, 4.69) is 4.98 Å². The van der Waals surface area contributed by atoms with Crippen LogP contribution in [0.15, 0.2) is 18.2 Å². The molecule has 0 spiro atoms. The van der Waals surface area contributed by atoms with E-state index in [1.165, 1.54) is 14.2 Å². The Kier molecular flexibility index (Phi) is 4.31. The Hall–Kier alpha value is -1.99. The average Bonchev–Trinajstić information content (AvgIpc) is 2.80. The highest BCUT2D eigenvalue weighted by molar-refractivity contribution is 7.15. The lowest BCUT2D eigenvalue weighted by Crippen LogP contribution is -1.93. The van der Waals surface area contributed by atoms with Gasteiger partial charge in [0.15, 0.2) is 21.5 Å². The molecule has 1 N–H and O–H groups in total. The van der Waals surface area contributed by atoms with Crippen molar-refractivity contribution in [2.24, 2.45) is 0 Å². The molecule has 8 heteroatoms. The highest BCUT2D eigenvalue weighted by Gasteiger charge is 2.19. The number of carbonyl (C=O) groups is 1. The lowest BCUT2D eigenvalue weighted by Gasteiger charge is -2.11. The van der Waals surface area contributed by atoms with Gasteiger partial charge >= 0.3 is 5.97 Å². The van der Waals surface area contributed by atoms with Gasteiger partial charge in [-0.15, -0.1) is 0 Å². The first-order chi connectivity index (χ1) is 9.56. The van der Waals surface area contributed by atoms with Gasteiger partial charge in [-0.1, -0.05) is 29.0 Å². The minimum absolute atomic E-state index is 0.0875. The van der Waals surface area contributed by atoms with Gasteiger partial charge < -0.3 is 19.3 Å². The van der Waals surface area contributed by atoms with E-state index >= 15 is 0 Å². The molecule has 1 aromatic carbocycles. The third-order valence-electron chi connectivity index (χ3n) is 2.33. The van der Waals surface area contributed by atoms with E-state index in [-0.39, 0.29) is 15.2 Å². The van der Waals surface area contributed by atoms with Gasteiger partial charge in [0.25, 0.3) is 5.19 Å². The van der Waals surface area contributed by atoms with E-state index in [1.807, 2.05) is 0 Å². The molecule has 0 amide bonds. The maximum absolute atomic E-state index is 10.9. The fourth-order valence-corrected chi connectivity index (χ4v) is 2.44. The van der Waals surface area contributed by atoms with Crippen LogP contribution in [0.2, 0.25) is 5.15 Å². The number of nitrogens with zero attached hydrogens (tertiary/aromatic N) is 1. The first kappa shape index (κ1) is 14.4. The molecule has 0 unspecified atom stereocenters. The molecule has 1 heterocycles. The molecule has 2 rings (SSSR count). The summed E-state index contributed by atoms with van der Waals surface area (Å²) in [5.41, 5.74) is 0. The summed E-state index contributed by atoms with van der Waals surface area (Å²) in [6, 6.07) is 5.11. The van der Waals surface area contributed by atoms with E-state index in [9.17, 15) is 4.79 Å². The number of thiazole rings is 1. The molecule has 0 aliphatic heterocycles. The van der Waals surface area contributed by atoms with Crippen LogP contribution in [0, 0.1) is 0 Å². The van der Waals surface area contributed by atoms with Crippen LogP contribution in [0.1, 0.15) is 9.67 Å². The van der Waals surface area contributed by atoms with Crippen molar-refractivity contribution in [1.82, 2.24) is 4.98 Å². The van der Waals surface area contributed by atoms with E-state index < -0.39 is 5.97 Å². The topological polar surface area (TPSA) is 77.9 Å². The van der Waals surface area contributed by atoms with Crippen molar-refractivity contribution in [3.05, 3.63) is 28.2 Å². The monoisotopic (exact) mass is 315 g/mol. The molecule has 20 heavy (non-hydrogen) atoms.